The molecule has 0 spiro atoms. The minimum absolute atomic E-state index is 0.341. The van der Waals surface area contributed by atoms with Crippen molar-refractivity contribution < 1.29 is 9.47 Å². The molecule has 1 fully saturated rings. The summed E-state index contributed by atoms with van der Waals surface area (Å²) in [6.45, 7) is 7.44. The second kappa shape index (κ2) is 10.6. The number of benzene rings is 2. The first-order chi connectivity index (χ1) is 14.8. The molecule has 166 valence electrons. The largest absolute Gasteiger partial charge is 0.493 e. The minimum Gasteiger partial charge on any atom is -0.493 e. The Kier molecular flexibility index (Phi) is 7.91. The number of hydrazone groups is 1. The molecule has 0 aromatic heterocycles. The van der Waals surface area contributed by atoms with E-state index in [4.69, 9.17) is 21.7 Å². The van der Waals surface area contributed by atoms with Gasteiger partial charge in [-0.3, -0.25) is 5.43 Å². The highest BCUT2D eigenvalue weighted by Gasteiger charge is 2.32. The average Bonchev–Trinajstić information content (AvgIpc) is 2.71. The zero-order valence-electron chi connectivity index (χ0n) is 18.9. The monoisotopic (exact) mass is 439 g/mol. The third-order valence-corrected chi connectivity index (χ3v) is 5.74. The van der Waals surface area contributed by atoms with Gasteiger partial charge in [0.2, 0.25) is 0 Å². The molecule has 6 heteroatoms. The molecule has 0 radical (unpaired) electrons. The maximum Gasteiger partial charge on any atom is 0.187 e. The third-order valence-electron chi connectivity index (χ3n) is 5.53. The molecule has 2 aromatic rings. The lowest BCUT2D eigenvalue weighted by Crippen LogP contribution is -2.45. The molecule has 2 atom stereocenters. The second-order valence-corrected chi connectivity index (χ2v) is 9.55. The minimum atomic E-state index is 0.341. The number of methoxy groups -OCH3 is 1. The van der Waals surface area contributed by atoms with E-state index in [1.807, 2.05) is 48.5 Å². The number of hydrogen-bond donors (Lipinski definition) is 2. The van der Waals surface area contributed by atoms with Crippen LogP contribution < -0.4 is 20.2 Å². The second-order valence-electron chi connectivity index (χ2n) is 9.14. The van der Waals surface area contributed by atoms with Crippen LogP contribution in [-0.2, 0) is 6.61 Å². The third kappa shape index (κ3) is 7.24. The fourth-order valence-corrected chi connectivity index (χ4v) is 4.68. The highest BCUT2D eigenvalue weighted by atomic mass is 32.1. The van der Waals surface area contributed by atoms with Crippen molar-refractivity contribution >= 4 is 23.5 Å². The van der Waals surface area contributed by atoms with E-state index in [1.165, 1.54) is 6.42 Å². The summed E-state index contributed by atoms with van der Waals surface area (Å²) in [4.78, 5) is 0. The molecule has 0 amide bonds. The molecule has 0 unspecified atom stereocenters. The van der Waals surface area contributed by atoms with Crippen LogP contribution in [0.15, 0.2) is 53.6 Å². The van der Waals surface area contributed by atoms with Gasteiger partial charge in [0.25, 0.3) is 0 Å². The van der Waals surface area contributed by atoms with Gasteiger partial charge in [-0.2, -0.15) is 5.10 Å². The van der Waals surface area contributed by atoms with Crippen LogP contribution in [0, 0.1) is 11.3 Å². The number of nitrogens with one attached hydrogen (secondary N) is 2. The van der Waals surface area contributed by atoms with E-state index in [1.54, 1.807) is 13.3 Å². The Balaban J connectivity index is 1.55. The Bertz CT molecular complexity index is 899. The van der Waals surface area contributed by atoms with Crippen molar-refractivity contribution in [3.63, 3.8) is 0 Å². The Morgan fingerprint density at radius 2 is 1.94 bits per heavy atom. The van der Waals surface area contributed by atoms with Crippen molar-refractivity contribution in [2.24, 2.45) is 16.4 Å². The van der Waals surface area contributed by atoms with E-state index < -0.39 is 0 Å². The van der Waals surface area contributed by atoms with Crippen LogP contribution in [0.4, 0.5) is 0 Å². The lowest BCUT2D eigenvalue weighted by Gasteiger charge is -2.39. The van der Waals surface area contributed by atoms with Crippen molar-refractivity contribution in [3.8, 4) is 11.5 Å². The molecule has 0 heterocycles. The summed E-state index contributed by atoms with van der Waals surface area (Å²) in [5.41, 5.74) is 5.28. The van der Waals surface area contributed by atoms with Crippen molar-refractivity contribution in [2.75, 3.05) is 7.11 Å². The van der Waals surface area contributed by atoms with E-state index in [0.29, 0.717) is 40.6 Å². The van der Waals surface area contributed by atoms with E-state index in [0.717, 1.165) is 24.0 Å². The summed E-state index contributed by atoms with van der Waals surface area (Å²) in [6.07, 6.45) is 5.24. The van der Waals surface area contributed by atoms with Crippen molar-refractivity contribution in [1.82, 2.24) is 10.7 Å². The normalized spacial score (nSPS) is 20.3. The molecule has 2 N–H and O–H groups in total. The zero-order chi connectivity index (χ0) is 22.3. The Morgan fingerprint density at radius 1 is 1.16 bits per heavy atom. The molecule has 5 nitrogen and oxygen atoms in total. The number of hydrogen-bond acceptors (Lipinski definition) is 4. The Morgan fingerprint density at radius 3 is 2.65 bits per heavy atom. The highest BCUT2D eigenvalue weighted by Crippen LogP contribution is 2.38. The van der Waals surface area contributed by atoms with E-state index in [-0.39, 0.29) is 0 Å². The Labute approximate surface area is 191 Å². The van der Waals surface area contributed by atoms with Crippen LogP contribution in [0.3, 0.4) is 0 Å². The van der Waals surface area contributed by atoms with E-state index >= 15 is 0 Å². The number of ether oxygens (including phenoxy) is 2. The predicted molar refractivity (Wildman–Crippen MR) is 131 cm³/mol. The van der Waals surface area contributed by atoms with Crippen LogP contribution in [0.5, 0.6) is 11.5 Å². The van der Waals surface area contributed by atoms with Gasteiger partial charge in [0.15, 0.2) is 16.6 Å². The van der Waals surface area contributed by atoms with E-state index in [9.17, 15) is 0 Å². The summed E-state index contributed by atoms with van der Waals surface area (Å²) in [7, 11) is 1.64. The first-order valence-corrected chi connectivity index (χ1v) is 11.2. The lowest BCUT2D eigenvalue weighted by molar-refractivity contribution is 0.161. The molecule has 0 aliphatic heterocycles. The Hall–Kier alpha value is -2.60. The van der Waals surface area contributed by atoms with Crippen molar-refractivity contribution in [2.45, 2.75) is 52.7 Å². The average molecular weight is 440 g/mol. The molecule has 31 heavy (non-hydrogen) atoms. The molecule has 0 saturated heterocycles. The summed E-state index contributed by atoms with van der Waals surface area (Å²) in [5, 5.41) is 8.28. The fraction of sp³-hybridized carbons (Fsp3) is 0.440. The van der Waals surface area contributed by atoms with Gasteiger partial charge in [-0.25, -0.2) is 0 Å². The van der Waals surface area contributed by atoms with Crippen LogP contribution >= 0.6 is 12.2 Å². The van der Waals surface area contributed by atoms with Crippen LogP contribution in [0.1, 0.15) is 51.2 Å². The number of nitrogens with zero attached hydrogens (tertiary/aromatic N) is 1. The number of thiocarbonyl (C=S) groups is 1. The van der Waals surface area contributed by atoms with Gasteiger partial charge in [0.05, 0.1) is 13.3 Å². The van der Waals surface area contributed by atoms with Crippen molar-refractivity contribution in [3.05, 3.63) is 59.7 Å². The van der Waals surface area contributed by atoms with Gasteiger partial charge in [0, 0.05) is 6.04 Å². The van der Waals surface area contributed by atoms with Crippen LogP contribution in [0.2, 0.25) is 0 Å². The predicted octanol–water partition coefficient (Wildman–Crippen LogP) is 5.29. The summed E-state index contributed by atoms with van der Waals surface area (Å²) in [6, 6.07) is 16.1. The first kappa shape index (κ1) is 23.1. The van der Waals surface area contributed by atoms with E-state index in [2.05, 4.69) is 36.6 Å². The van der Waals surface area contributed by atoms with Gasteiger partial charge < -0.3 is 14.8 Å². The molecule has 3 rings (SSSR count). The molecular weight excluding hydrogens is 406 g/mol. The smallest absolute Gasteiger partial charge is 0.187 e. The van der Waals surface area contributed by atoms with Gasteiger partial charge in [-0.15, -0.1) is 0 Å². The summed E-state index contributed by atoms with van der Waals surface area (Å²) >= 11 is 5.44. The highest BCUT2D eigenvalue weighted by molar-refractivity contribution is 7.80. The quantitative estimate of drug-likeness (QED) is 0.349. The molecule has 1 saturated carbocycles. The fourth-order valence-electron chi connectivity index (χ4n) is 4.46. The maximum atomic E-state index is 5.97. The summed E-state index contributed by atoms with van der Waals surface area (Å²) in [5.74, 6) is 2.06. The molecule has 1 aliphatic carbocycles. The first-order valence-electron chi connectivity index (χ1n) is 10.8. The van der Waals surface area contributed by atoms with Gasteiger partial charge >= 0.3 is 0 Å². The van der Waals surface area contributed by atoms with Gasteiger partial charge in [-0.1, -0.05) is 51.1 Å². The lowest BCUT2D eigenvalue weighted by atomic mass is 9.71. The molecule has 2 aromatic carbocycles. The van der Waals surface area contributed by atoms with Crippen LogP contribution in [-0.4, -0.2) is 24.5 Å². The molecular formula is C25H33N3O2S. The molecule has 1 aliphatic rings. The van der Waals surface area contributed by atoms with Gasteiger partial charge in [0.1, 0.15) is 6.61 Å². The standard InChI is InChI=1S/C25H33N3O2S/c1-18-12-21(15-25(2,3)14-18)27-24(31)28-26-16-20-10-11-22(29-4)23(13-20)30-17-19-8-6-5-7-9-19/h5-11,13,16,18,21H,12,14-15,17H2,1-4H3,(H2,27,28,31)/b26-16-/t18-,21+/m0/s1. The topological polar surface area (TPSA) is 54.9 Å². The SMILES string of the molecule is COc1ccc(/C=N\NC(=S)N[C@@H]2C[C@H](C)CC(C)(C)C2)cc1OCc1ccccc1. The maximum absolute atomic E-state index is 5.97. The molecule has 0 bridgehead atoms. The number of rotatable bonds is 7. The zero-order valence-corrected chi connectivity index (χ0v) is 19.7. The summed E-state index contributed by atoms with van der Waals surface area (Å²) < 4.78 is 11.4. The van der Waals surface area contributed by atoms with Crippen LogP contribution in [0.25, 0.3) is 0 Å². The van der Waals surface area contributed by atoms with Crippen molar-refractivity contribution in [1.29, 1.82) is 0 Å². The van der Waals surface area contributed by atoms with Gasteiger partial charge in [-0.05, 0) is 72.1 Å².